The van der Waals surface area contributed by atoms with Crippen molar-refractivity contribution in [3.05, 3.63) is 12.2 Å². The van der Waals surface area contributed by atoms with Gasteiger partial charge in [0.2, 0.25) is 11.8 Å². The van der Waals surface area contributed by atoms with E-state index in [1.165, 1.54) is 11.8 Å². The van der Waals surface area contributed by atoms with Crippen molar-refractivity contribution in [3.63, 3.8) is 0 Å². The SMILES string of the molecule is C=C(C)C(=O)O.O=C1CCC(=O)N1CCCO. The number of amides is 2. The summed E-state index contributed by atoms with van der Waals surface area (Å²) in [6, 6.07) is 0. The van der Waals surface area contributed by atoms with E-state index in [1.807, 2.05) is 0 Å². The first-order valence-electron chi connectivity index (χ1n) is 5.23. The lowest BCUT2D eigenvalue weighted by molar-refractivity contribution is -0.138. The molecule has 1 fully saturated rings. The zero-order chi connectivity index (χ0) is 13.4. The summed E-state index contributed by atoms with van der Waals surface area (Å²) in [7, 11) is 0. The fourth-order valence-corrected chi connectivity index (χ4v) is 1.10. The van der Waals surface area contributed by atoms with Gasteiger partial charge in [0, 0.05) is 31.6 Å². The first-order chi connectivity index (χ1) is 7.90. The second-order valence-corrected chi connectivity index (χ2v) is 3.60. The van der Waals surface area contributed by atoms with E-state index in [0.717, 1.165) is 0 Å². The van der Waals surface area contributed by atoms with Crippen LogP contribution in [0.15, 0.2) is 12.2 Å². The van der Waals surface area contributed by atoms with Crippen LogP contribution in [-0.2, 0) is 14.4 Å². The van der Waals surface area contributed by atoms with Crippen LogP contribution in [0.5, 0.6) is 0 Å². The third-order valence-electron chi connectivity index (χ3n) is 2.06. The second-order valence-electron chi connectivity index (χ2n) is 3.60. The Kier molecular flexibility index (Phi) is 6.81. The van der Waals surface area contributed by atoms with E-state index in [9.17, 15) is 14.4 Å². The predicted octanol–water partition coefficient (Wildman–Crippen LogP) is 0.165. The van der Waals surface area contributed by atoms with Gasteiger partial charge in [0.05, 0.1) is 0 Å². The Hall–Kier alpha value is -1.69. The van der Waals surface area contributed by atoms with Gasteiger partial charge in [-0.2, -0.15) is 0 Å². The summed E-state index contributed by atoms with van der Waals surface area (Å²) in [4.78, 5) is 32.6. The number of aliphatic hydroxyl groups is 1. The number of rotatable bonds is 4. The maximum atomic E-state index is 10.9. The maximum absolute atomic E-state index is 10.9. The van der Waals surface area contributed by atoms with E-state index in [0.29, 0.717) is 25.8 Å². The minimum atomic E-state index is -0.935. The molecular weight excluding hydrogens is 226 g/mol. The van der Waals surface area contributed by atoms with Gasteiger partial charge in [-0.3, -0.25) is 14.5 Å². The van der Waals surface area contributed by atoms with Crippen molar-refractivity contribution < 1.29 is 24.6 Å². The molecule has 0 unspecified atom stereocenters. The molecule has 1 aliphatic heterocycles. The fraction of sp³-hybridized carbons (Fsp3) is 0.545. The molecule has 6 heteroatoms. The monoisotopic (exact) mass is 243 g/mol. The van der Waals surface area contributed by atoms with Crippen LogP contribution in [0.3, 0.4) is 0 Å². The molecule has 17 heavy (non-hydrogen) atoms. The highest BCUT2D eigenvalue weighted by molar-refractivity contribution is 6.01. The summed E-state index contributed by atoms with van der Waals surface area (Å²) in [5, 5.41) is 16.3. The van der Waals surface area contributed by atoms with Gasteiger partial charge in [-0.25, -0.2) is 4.79 Å². The number of carbonyl (C=O) groups is 3. The van der Waals surface area contributed by atoms with Crippen LogP contribution in [0, 0.1) is 0 Å². The van der Waals surface area contributed by atoms with Gasteiger partial charge in [-0.05, 0) is 13.3 Å². The number of nitrogens with zero attached hydrogens (tertiary/aromatic N) is 1. The molecule has 2 amide bonds. The Bertz CT molecular complexity index is 296. The summed E-state index contributed by atoms with van der Waals surface area (Å²) in [6.45, 7) is 5.00. The molecule has 1 aliphatic rings. The molecule has 0 saturated carbocycles. The molecule has 96 valence electrons. The first kappa shape index (κ1) is 15.3. The van der Waals surface area contributed by atoms with Gasteiger partial charge in [-0.1, -0.05) is 6.58 Å². The molecule has 1 rings (SSSR count). The summed E-state index contributed by atoms with van der Waals surface area (Å²) < 4.78 is 0. The number of imide groups is 1. The molecule has 0 bridgehead atoms. The largest absolute Gasteiger partial charge is 0.478 e. The number of likely N-dealkylation sites (tertiary alicyclic amines) is 1. The van der Waals surface area contributed by atoms with Crippen molar-refractivity contribution in [2.24, 2.45) is 0 Å². The van der Waals surface area contributed by atoms with Gasteiger partial charge in [0.1, 0.15) is 0 Å². The quantitative estimate of drug-likeness (QED) is 0.542. The Balaban J connectivity index is 0.000000366. The van der Waals surface area contributed by atoms with Crippen LogP contribution >= 0.6 is 0 Å². The number of carbonyl (C=O) groups excluding carboxylic acids is 2. The lowest BCUT2D eigenvalue weighted by Gasteiger charge is -2.11. The highest BCUT2D eigenvalue weighted by Gasteiger charge is 2.27. The van der Waals surface area contributed by atoms with E-state index in [1.54, 1.807) is 0 Å². The number of aliphatic hydroxyl groups excluding tert-OH is 1. The molecule has 6 nitrogen and oxygen atoms in total. The van der Waals surface area contributed by atoms with Crippen LogP contribution < -0.4 is 0 Å². The van der Waals surface area contributed by atoms with Gasteiger partial charge in [0.15, 0.2) is 0 Å². The van der Waals surface area contributed by atoms with Crippen molar-refractivity contribution in [2.75, 3.05) is 13.2 Å². The molecular formula is C11H17NO5. The van der Waals surface area contributed by atoms with Gasteiger partial charge in [-0.15, -0.1) is 0 Å². The van der Waals surface area contributed by atoms with Gasteiger partial charge in [0.25, 0.3) is 0 Å². The number of aliphatic carboxylic acids is 1. The average Bonchev–Trinajstić information content (AvgIpc) is 2.57. The zero-order valence-corrected chi connectivity index (χ0v) is 9.81. The smallest absolute Gasteiger partial charge is 0.330 e. The van der Waals surface area contributed by atoms with Crippen LogP contribution in [0.4, 0.5) is 0 Å². The van der Waals surface area contributed by atoms with Crippen molar-refractivity contribution in [1.29, 1.82) is 0 Å². The highest BCUT2D eigenvalue weighted by atomic mass is 16.4. The molecule has 0 aromatic rings. The molecule has 1 saturated heterocycles. The second kappa shape index (κ2) is 7.56. The standard InChI is InChI=1S/C7H11NO3.C4H6O2/c9-5-1-4-8-6(10)2-3-7(8)11;1-3(2)4(5)6/h9H,1-5H2;1H2,2H3,(H,5,6). The molecule has 0 spiro atoms. The average molecular weight is 243 g/mol. The third-order valence-corrected chi connectivity index (χ3v) is 2.06. The maximum Gasteiger partial charge on any atom is 0.330 e. The van der Waals surface area contributed by atoms with E-state index in [4.69, 9.17) is 10.2 Å². The van der Waals surface area contributed by atoms with E-state index < -0.39 is 5.97 Å². The molecule has 0 aliphatic carbocycles. The fourth-order valence-electron chi connectivity index (χ4n) is 1.10. The molecule has 0 aromatic carbocycles. The van der Waals surface area contributed by atoms with Crippen molar-refractivity contribution in [3.8, 4) is 0 Å². The van der Waals surface area contributed by atoms with E-state index >= 15 is 0 Å². The van der Waals surface area contributed by atoms with E-state index in [2.05, 4.69) is 6.58 Å². The number of hydrogen-bond acceptors (Lipinski definition) is 4. The summed E-state index contributed by atoms with van der Waals surface area (Å²) in [5.74, 6) is -1.15. The Morgan fingerprint density at radius 2 is 1.76 bits per heavy atom. The van der Waals surface area contributed by atoms with Gasteiger partial charge < -0.3 is 10.2 Å². The zero-order valence-electron chi connectivity index (χ0n) is 9.81. The highest BCUT2D eigenvalue weighted by Crippen LogP contribution is 2.11. The molecule has 2 N–H and O–H groups in total. The molecule has 1 heterocycles. The van der Waals surface area contributed by atoms with Crippen LogP contribution in [-0.4, -0.2) is 46.0 Å². The number of hydrogen-bond donors (Lipinski definition) is 2. The third kappa shape index (κ3) is 5.82. The Morgan fingerprint density at radius 1 is 1.35 bits per heavy atom. The number of carboxylic acids is 1. The first-order valence-corrected chi connectivity index (χ1v) is 5.23. The van der Waals surface area contributed by atoms with Crippen LogP contribution in [0.25, 0.3) is 0 Å². The van der Waals surface area contributed by atoms with Crippen molar-refractivity contribution in [2.45, 2.75) is 26.2 Å². The molecule has 0 radical (unpaired) electrons. The summed E-state index contributed by atoms with van der Waals surface area (Å²) in [5.41, 5.74) is 0.176. The van der Waals surface area contributed by atoms with Crippen LogP contribution in [0.2, 0.25) is 0 Å². The summed E-state index contributed by atoms with van der Waals surface area (Å²) >= 11 is 0. The van der Waals surface area contributed by atoms with E-state index in [-0.39, 0.29) is 24.0 Å². The minimum absolute atomic E-state index is 0.0249. The topological polar surface area (TPSA) is 94.9 Å². The lowest BCUT2D eigenvalue weighted by Crippen LogP contribution is -2.30. The lowest BCUT2D eigenvalue weighted by atomic mass is 10.4. The van der Waals surface area contributed by atoms with Crippen LogP contribution in [0.1, 0.15) is 26.2 Å². The molecule has 0 aromatic heterocycles. The Labute approximate surface area is 99.5 Å². The summed E-state index contributed by atoms with van der Waals surface area (Å²) in [6.07, 6.45) is 1.16. The number of carboxylic acid groups (broad SMARTS) is 1. The normalized spacial score (nSPS) is 14.4. The minimum Gasteiger partial charge on any atom is -0.478 e. The van der Waals surface area contributed by atoms with Gasteiger partial charge >= 0.3 is 5.97 Å². The predicted molar refractivity (Wildman–Crippen MR) is 60.1 cm³/mol. The van der Waals surface area contributed by atoms with Crippen molar-refractivity contribution >= 4 is 17.8 Å². The van der Waals surface area contributed by atoms with Crippen molar-refractivity contribution in [1.82, 2.24) is 4.90 Å². The Morgan fingerprint density at radius 3 is 2.06 bits per heavy atom. The molecule has 0 atom stereocenters.